The average Bonchev–Trinajstić information content (AvgIpc) is 3.04. The molecule has 0 aromatic carbocycles. The van der Waals surface area contributed by atoms with Crippen molar-refractivity contribution in [3.63, 3.8) is 0 Å². The van der Waals surface area contributed by atoms with Crippen molar-refractivity contribution >= 4 is 27.7 Å². The molecular formula is C11H9BrN2O. The minimum absolute atomic E-state index is 0.532. The number of halogens is 1. The van der Waals surface area contributed by atoms with Crippen LogP contribution in [0.25, 0.3) is 5.52 Å². The summed E-state index contributed by atoms with van der Waals surface area (Å²) >= 11 is 3.43. The number of imidazole rings is 1. The highest BCUT2D eigenvalue weighted by Gasteiger charge is 2.29. The molecule has 1 aliphatic rings. The molecule has 15 heavy (non-hydrogen) atoms. The van der Waals surface area contributed by atoms with Gasteiger partial charge in [0.1, 0.15) is 10.4 Å². The Morgan fingerprint density at radius 1 is 1.47 bits per heavy atom. The molecule has 2 aromatic heterocycles. The van der Waals surface area contributed by atoms with Crippen LogP contribution in [0.1, 0.15) is 35.1 Å². The molecule has 4 heteroatoms. The van der Waals surface area contributed by atoms with Crippen LogP contribution in [0.15, 0.2) is 22.8 Å². The van der Waals surface area contributed by atoms with Gasteiger partial charge in [-0.2, -0.15) is 0 Å². The lowest BCUT2D eigenvalue weighted by atomic mass is 10.3. The van der Waals surface area contributed by atoms with Crippen LogP contribution in [0.2, 0.25) is 0 Å². The Labute approximate surface area is 95.3 Å². The molecule has 3 rings (SSSR count). The molecule has 0 N–H and O–H groups in total. The highest BCUT2D eigenvalue weighted by atomic mass is 79.9. The van der Waals surface area contributed by atoms with Crippen LogP contribution >= 0.6 is 15.9 Å². The summed E-state index contributed by atoms with van der Waals surface area (Å²) in [6.45, 7) is 0. The molecule has 0 unspecified atom stereocenters. The van der Waals surface area contributed by atoms with Gasteiger partial charge in [0.2, 0.25) is 0 Å². The van der Waals surface area contributed by atoms with E-state index in [2.05, 4.69) is 20.9 Å². The summed E-state index contributed by atoms with van der Waals surface area (Å²) < 4.78 is 2.78. The molecule has 0 bridgehead atoms. The van der Waals surface area contributed by atoms with Crippen molar-refractivity contribution in [2.45, 2.75) is 18.8 Å². The van der Waals surface area contributed by atoms with Crippen molar-refractivity contribution in [3.8, 4) is 0 Å². The summed E-state index contributed by atoms with van der Waals surface area (Å²) in [6, 6.07) is 5.66. The Morgan fingerprint density at radius 3 is 2.93 bits per heavy atom. The van der Waals surface area contributed by atoms with Crippen LogP contribution < -0.4 is 0 Å². The zero-order valence-corrected chi connectivity index (χ0v) is 9.57. The highest BCUT2D eigenvalue weighted by molar-refractivity contribution is 9.10. The maximum atomic E-state index is 11.0. The molecule has 2 heterocycles. The number of carbonyl (C=O) groups is 1. The number of carbonyl (C=O) groups excluding carboxylic acids is 1. The molecule has 0 spiro atoms. The van der Waals surface area contributed by atoms with Crippen LogP contribution in [0.3, 0.4) is 0 Å². The van der Waals surface area contributed by atoms with E-state index in [0.29, 0.717) is 11.6 Å². The Kier molecular flexibility index (Phi) is 1.92. The van der Waals surface area contributed by atoms with E-state index in [4.69, 9.17) is 0 Å². The van der Waals surface area contributed by atoms with Gasteiger partial charge in [0.15, 0.2) is 6.29 Å². The Bertz CT molecular complexity index is 543. The standard InChI is InChI=1S/C11H9BrN2O/c12-10-9-3-1-2-8(6-15)14(9)11(13-10)7-4-5-7/h1-3,6-7H,4-5H2. The number of aromatic nitrogens is 2. The van der Waals surface area contributed by atoms with Crippen LogP contribution in [-0.4, -0.2) is 15.7 Å². The molecule has 0 radical (unpaired) electrons. The first-order valence-electron chi connectivity index (χ1n) is 4.93. The number of pyridine rings is 1. The van der Waals surface area contributed by atoms with E-state index in [9.17, 15) is 4.79 Å². The number of rotatable bonds is 2. The fourth-order valence-electron chi connectivity index (χ4n) is 1.86. The highest BCUT2D eigenvalue weighted by Crippen LogP contribution is 2.41. The molecule has 0 atom stereocenters. The van der Waals surface area contributed by atoms with E-state index < -0.39 is 0 Å². The van der Waals surface area contributed by atoms with E-state index in [1.807, 2.05) is 22.6 Å². The monoisotopic (exact) mass is 264 g/mol. The van der Waals surface area contributed by atoms with Crippen molar-refractivity contribution < 1.29 is 4.79 Å². The minimum Gasteiger partial charge on any atom is -0.296 e. The van der Waals surface area contributed by atoms with E-state index >= 15 is 0 Å². The van der Waals surface area contributed by atoms with E-state index in [-0.39, 0.29) is 0 Å². The molecule has 2 aromatic rings. The molecule has 76 valence electrons. The third-order valence-corrected chi connectivity index (χ3v) is 3.32. The van der Waals surface area contributed by atoms with Crippen molar-refractivity contribution in [1.29, 1.82) is 0 Å². The second-order valence-electron chi connectivity index (χ2n) is 3.82. The zero-order valence-electron chi connectivity index (χ0n) is 7.98. The van der Waals surface area contributed by atoms with E-state index in [1.54, 1.807) is 0 Å². The van der Waals surface area contributed by atoms with Crippen molar-refractivity contribution in [2.75, 3.05) is 0 Å². The van der Waals surface area contributed by atoms with Crippen LogP contribution in [0, 0.1) is 0 Å². The number of aldehydes is 1. The van der Waals surface area contributed by atoms with E-state index in [0.717, 1.165) is 22.2 Å². The van der Waals surface area contributed by atoms with Crippen LogP contribution in [0.5, 0.6) is 0 Å². The first kappa shape index (κ1) is 9.09. The zero-order chi connectivity index (χ0) is 10.4. The second-order valence-corrected chi connectivity index (χ2v) is 4.58. The normalized spacial score (nSPS) is 15.8. The minimum atomic E-state index is 0.532. The smallest absolute Gasteiger partial charge is 0.166 e. The summed E-state index contributed by atoms with van der Waals surface area (Å²) in [4.78, 5) is 15.4. The summed E-state index contributed by atoms with van der Waals surface area (Å²) in [7, 11) is 0. The fourth-order valence-corrected chi connectivity index (χ4v) is 2.35. The lowest BCUT2D eigenvalue weighted by Crippen LogP contribution is -1.98. The van der Waals surface area contributed by atoms with Gasteiger partial charge in [-0.05, 0) is 40.9 Å². The topological polar surface area (TPSA) is 34.4 Å². The molecule has 0 aliphatic heterocycles. The van der Waals surface area contributed by atoms with Gasteiger partial charge >= 0.3 is 0 Å². The lowest BCUT2D eigenvalue weighted by Gasteiger charge is -2.01. The van der Waals surface area contributed by atoms with Gasteiger partial charge in [-0.3, -0.25) is 9.20 Å². The van der Waals surface area contributed by atoms with E-state index in [1.165, 1.54) is 12.8 Å². The number of nitrogens with zero attached hydrogens (tertiary/aromatic N) is 2. The summed E-state index contributed by atoms with van der Waals surface area (Å²) in [5.74, 6) is 1.55. The maximum Gasteiger partial charge on any atom is 0.166 e. The van der Waals surface area contributed by atoms with Gasteiger partial charge in [-0.1, -0.05) is 6.07 Å². The first-order chi connectivity index (χ1) is 7.31. The third-order valence-electron chi connectivity index (χ3n) is 2.74. The SMILES string of the molecule is O=Cc1cccc2c(Br)nc(C3CC3)n12. The summed E-state index contributed by atoms with van der Waals surface area (Å²) in [5.41, 5.74) is 1.65. The molecule has 3 nitrogen and oxygen atoms in total. The maximum absolute atomic E-state index is 11.0. The van der Waals surface area contributed by atoms with Gasteiger partial charge < -0.3 is 0 Å². The molecular weight excluding hydrogens is 256 g/mol. The third kappa shape index (κ3) is 1.32. The summed E-state index contributed by atoms with van der Waals surface area (Å²) in [5, 5.41) is 0. The van der Waals surface area contributed by atoms with Crippen LogP contribution in [0.4, 0.5) is 0 Å². The van der Waals surface area contributed by atoms with Crippen LogP contribution in [-0.2, 0) is 0 Å². The molecule has 1 aliphatic carbocycles. The quantitative estimate of drug-likeness (QED) is 0.782. The van der Waals surface area contributed by atoms with Gasteiger partial charge in [-0.25, -0.2) is 4.98 Å². The molecule has 1 saturated carbocycles. The van der Waals surface area contributed by atoms with Crippen molar-refractivity contribution in [2.24, 2.45) is 0 Å². The predicted octanol–water partition coefficient (Wildman–Crippen LogP) is 2.79. The van der Waals surface area contributed by atoms with Crippen molar-refractivity contribution in [1.82, 2.24) is 9.38 Å². The van der Waals surface area contributed by atoms with Gasteiger partial charge in [-0.15, -0.1) is 0 Å². The summed E-state index contributed by atoms with van der Waals surface area (Å²) in [6.07, 6.45) is 3.24. The first-order valence-corrected chi connectivity index (χ1v) is 5.72. The molecule has 0 saturated heterocycles. The second kappa shape index (κ2) is 3.17. The number of hydrogen-bond donors (Lipinski definition) is 0. The lowest BCUT2D eigenvalue weighted by molar-refractivity contribution is 0.111. The molecule has 0 amide bonds. The number of hydrogen-bond acceptors (Lipinski definition) is 2. The number of fused-ring (bicyclic) bond motifs is 1. The Balaban J connectivity index is 2.39. The van der Waals surface area contributed by atoms with Gasteiger partial charge in [0, 0.05) is 5.92 Å². The predicted molar refractivity (Wildman–Crippen MR) is 60.3 cm³/mol. The largest absolute Gasteiger partial charge is 0.296 e. The molecule has 1 fully saturated rings. The average molecular weight is 265 g/mol. The van der Waals surface area contributed by atoms with Crippen molar-refractivity contribution in [3.05, 3.63) is 34.3 Å². The van der Waals surface area contributed by atoms with Gasteiger partial charge in [0.25, 0.3) is 0 Å². The Morgan fingerprint density at radius 2 is 2.27 bits per heavy atom. The fraction of sp³-hybridized carbons (Fsp3) is 0.273. The van der Waals surface area contributed by atoms with Gasteiger partial charge in [0.05, 0.1) is 11.2 Å². The Hall–Kier alpha value is -1.16.